The standard InChI is InChI=1S/C25H37N3O3/c1-7-25(5,28(20(4)31-6)24(30)26-19(2)3)15-12-21-8-10-22(11-9-21)18-27-16-13-23(29)14-17-27/h7-11,19-20,23,29H,1,13-14,16-18H2,2-6H3,(H,26,30). The van der Waals surface area contributed by atoms with Gasteiger partial charge in [-0.25, -0.2) is 4.79 Å². The summed E-state index contributed by atoms with van der Waals surface area (Å²) in [5.74, 6) is 6.41. The zero-order valence-electron chi connectivity index (χ0n) is 19.5. The molecule has 0 bridgehead atoms. The Labute approximate surface area is 187 Å². The second-order valence-corrected chi connectivity index (χ2v) is 8.62. The number of carbonyl (C=O) groups is 1. The first-order valence-corrected chi connectivity index (χ1v) is 11.0. The first kappa shape index (κ1) is 24.9. The van der Waals surface area contributed by atoms with Crippen LogP contribution in [0.5, 0.6) is 0 Å². The summed E-state index contributed by atoms with van der Waals surface area (Å²) < 4.78 is 5.44. The largest absolute Gasteiger partial charge is 0.393 e. The van der Waals surface area contributed by atoms with Crippen molar-refractivity contribution in [2.24, 2.45) is 0 Å². The highest BCUT2D eigenvalue weighted by Gasteiger charge is 2.35. The molecule has 2 rings (SSSR count). The number of urea groups is 1. The van der Waals surface area contributed by atoms with Gasteiger partial charge in [-0.3, -0.25) is 9.80 Å². The van der Waals surface area contributed by atoms with Crippen molar-refractivity contribution in [3.8, 4) is 11.8 Å². The number of aliphatic hydroxyl groups is 1. The average Bonchev–Trinajstić information content (AvgIpc) is 2.74. The summed E-state index contributed by atoms with van der Waals surface area (Å²) in [6.45, 7) is 14.2. The Morgan fingerprint density at radius 1 is 1.35 bits per heavy atom. The van der Waals surface area contributed by atoms with E-state index in [4.69, 9.17) is 4.74 Å². The number of nitrogens with one attached hydrogen (secondary N) is 1. The van der Waals surface area contributed by atoms with E-state index in [1.165, 1.54) is 5.56 Å². The van der Waals surface area contributed by atoms with Crippen molar-refractivity contribution in [2.45, 2.75) is 71.0 Å². The SMILES string of the molecule is C=CC(C)(C#Cc1ccc(CN2CCC(O)CC2)cc1)N(C(=O)NC(C)C)C(C)OC. The first-order valence-electron chi connectivity index (χ1n) is 11.0. The Kier molecular flexibility index (Phi) is 9.12. The Bertz CT molecular complexity index is 788. The lowest BCUT2D eigenvalue weighted by atomic mass is 9.99. The van der Waals surface area contributed by atoms with Crippen LogP contribution in [0.15, 0.2) is 36.9 Å². The van der Waals surface area contributed by atoms with E-state index < -0.39 is 11.8 Å². The van der Waals surface area contributed by atoms with Crippen molar-refractivity contribution in [2.75, 3.05) is 20.2 Å². The van der Waals surface area contributed by atoms with Crippen LogP contribution in [0, 0.1) is 11.8 Å². The molecular weight excluding hydrogens is 390 g/mol. The number of aliphatic hydroxyl groups excluding tert-OH is 1. The highest BCUT2D eigenvalue weighted by Crippen LogP contribution is 2.21. The maximum atomic E-state index is 12.8. The molecule has 0 saturated carbocycles. The molecule has 0 aliphatic carbocycles. The normalized spacial score (nSPS) is 17.9. The van der Waals surface area contributed by atoms with Crippen LogP contribution in [0.3, 0.4) is 0 Å². The lowest BCUT2D eigenvalue weighted by molar-refractivity contribution is -0.0181. The molecule has 2 unspecified atom stereocenters. The van der Waals surface area contributed by atoms with Gasteiger partial charge in [0.2, 0.25) is 0 Å². The quantitative estimate of drug-likeness (QED) is 0.398. The highest BCUT2D eigenvalue weighted by molar-refractivity contribution is 5.76. The number of nitrogens with zero attached hydrogens (tertiary/aromatic N) is 2. The first-order chi connectivity index (χ1) is 14.7. The summed E-state index contributed by atoms with van der Waals surface area (Å²) in [5.41, 5.74) is 1.20. The number of ether oxygens (including phenoxy) is 1. The minimum Gasteiger partial charge on any atom is -0.393 e. The van der Waals surface area contributed by atoms with Crippen molar-refractivity contribution in [1.82, 2.24) is 15.1 Å². The zero-order valence-corrected chi connectivity index (χ0v) is 19.5. The molecule has 6 nitrogen and oxygen atoms in total. The van der Waals surface area contributed by atoms with Crippen molar-refractivity contribution in [3.63, 3.8) is 0 Å². The number of amides is 2. The van der Waals surface area contributed by atoms with E-state index in [0.29, 0.717) is 0 Å². The number of benzene rings is 1. The molecule has 0 radical (unpaired) electrons. The number of methoxy groups -OCH3 is 1. The molecule has 1 aliphatic heterocycles. The van der Waals surface area contributed by atoms with Gasteiger partial charge < -0.3 is 15.2 Å². The number of hydrogen-bond acceptors (Lipinski definition) is 4. The molecule has 31 heavy (non-hydrogen) atoms. The smallest absolute Gasteiger partial charge is 0.321 e. The molecule has 2 amide bonds. The summed E-state index contributed by atoms with van der Waals surface area (Å²) >= 11 is 0. The third-order valence-corrected chi connectivity index (χ3v) is 5.61. The van der Waals surface area contributed by atoms with Gasteiger partial charge in [0, 0.05) is 38.3 Å². The monoisotopic (exact) mass is 427 g/mol. The minimum atomic E-state index is -0.901. The Morgan fingerprint density at radius 2 is 1.97 bits per heavy atom. The predicted molar refractivity (Wildman–Crippen MR) is 124 cm³/mol. The van der Waals surface area contributed by atoms with E-state index in [-0.39, 0.29) is 18.2 Å². The lowest BCUT2D eigenvalue weighted by Crippen LogP contribution is -2.57. The van der Waals surface area contributed by atoms with Gasteiger partial charge in [0.1, 0.15) is 11.8 Å². The number of carbonyl (C=O) groups excluding carboxylic acids is 1. The van der Waals surface area contributed by atoms with E-state index in [0.717, 1.165) is 38.0 Å². The fourth-order valence-electron chi connectivity index (χ4n) is 3.61. The summed E-state index contributed by atoms with van der Waals surface area (Å²) in [7, 11) is 1.57. The van der Waals surface area contributed by atoms with Crippen LogP contribution in [-0.4, -0.2) is 65.0 Å². The molecule has 6 heteroatoms. The van der Waals surface area contributed by atoms with Gasteiger partial charge in [0.15, 0.2) is 0 Å². The van der Waals surface area contributed by atoms with Crippen molar-refractivity contribution >= 4 is 6.03 Å². The Hall–Kier alpha value is -2.33. The molecule has 2 N–H and O–H groups in total. The van der Waals surface area contributed by atoms with Crippen LogP contribution in [-0.2, 0) is 11.3 Å². The van der Waals surface area contributed by atoms with Crippen LogP contribution >= 0.6 is 0 Å². The van der Waals surface area contributed by atoms with Crippen LogP contribution < -0.4 is 5.32 Å². The molecule has 2 atom stereocenters. The molecule has 170 valence electrons. The summed E-state index contributed by atoms with van der Waals surface area (Å²) in [6.07, 6.45) is 2.72. The molecule has 1 aromatic rings. The van der Waals surface area contributed by atoms with Crippen LogP contribution in [0.2, 0.25) is 0 Å². The molecule has 1 saturated heterocycles. The molecule has 1 aliphatic rings. The molecule has 1 fully saturated rings. The third-order valence-electron chi connectivity index (χ3n) is 5.61. The van der Waals surface area contributed by atoms with Crippen molar-refractivity contribution in [1.29, 1.82) is 0 Å². The van der Waals surface area contributed by atoms with E-state index in [1.807, 2.05) is 39.8 Å². The minimum absolute atomic E-state index is 0.00297. The molecule has 0 aromatic heterocycles. The molecule has 1 heterocycles. The number of hydrogen-bond donors (Lipinski definition) is 2. The maximum absolute atomic E-state index is 12.8. The van der Waals surface area contributed by atoms with Crippen LogP contribution in [0.25, 0.3) is 0 Å². The number of piperidine rings is 1. The Balaban J connectivity index is 2.15. The zero-order chi connectivity index (χ0) is 23.0. The van der Waals surface area contributed by atoms with Gasteiger partial charge in [-0.15, -0.1) is 0 Å². The second-order valence-electron chi connectivity index (χ2n) is 8.62. The third kappa shape index (κ3) is 7.10. The topological polar surface area (TPSA) is 65.0 Å². The van der Waals surface area contributed by atoms with Gasteiger partial charge in [-0.2, -0.15) is 0 Å². The van der Waals surface area contributed by atoms with E-state index in [1.54, 1.807) is 18.1 Å². The number of rotatable bonds is 7. The van der Waals surface area contributed by atoms with E-state index in [2.05, 4.69) is 40.8 Å². The van der Waals surface area contributed by atoms with Crippen molar-refractivity contribution < 1.29 is 14.6 Å². The van der Waals surface area contributed by atoms with Gasteiger partial charge in [-0.05, 0) is 58.2 Å². The van der Waals surface area contributed by atoms with Crippen LogP contribution in [0.4, 0.5) is 4.79 Å². The summed E-state index contributed by atoms with van der Waals surface area (Å²) in [4.78, 5) is 16.8. The lowest BCUT2D eigenvalue weighted by Gasteiger charge is -2.39. The highest BCUT2D eigenvalue weighted by atomic mass is 16.5. The summed E-state index contributed by atoms with van der Waals surface area (Å²) in [6, 6.07) is 7.92. The maximum Gasteiger partial charge on any atom is 0.321 e. The summed E-state index contributed by atoms with van der Waals surface area (Å²) in [5, 5.41) is 12.6. The van der Waals surface area contributed by atoms with E-state index >= 15 is 0 Å². The molecule has 1 aromatic carbocycles. The average molecular weight is 428 g/mol. The van der Waals surface area contributed by atoms with Crippen molar-refractivity contribution in [3.05, 3.63) is 48.0 Å². The predicted octanol–water partition coefficient (Wildman–Crippen LogP) is 3.35. The molecule has 0 spiro atoms. The van der Waals surface area contributed by atoms with Gasteiger partial charge in [-0.1, -0.05) is 36.6 Å². The fraction of sp³-hybridized carbons (Fsp3) is 0.560. The Morgan fingerprint density at radius 3 is 2.48 bits per heavy atom. The molecular formula is C25H37N3O3. The van der Waals surface area contributed by atoms with Gasteiger partial charge in [0.05, 0.1) is 6.10 Å². The number of likely N-dealkylation sites (tertiary alicyclic amines) is 1. The fourth-order valence-corrected chi connectivity index (χ4v) is 3.61. The second kappa shape index (κ2) is 11.3. The van der Waals surface area contributed by atoms with Gasteiger partial charge in [0.25, 0.3) is 0 Å². The van der Waals surface area contributed by atoms with Gasteiger partial charge >= 0.3 is 6.03 Å². The van der Waals surface area contributed by atoms with Crippen LogP contribution in [0.1, 0.15) is 51.7 Å². The van der Waals surface area contributed by atoms with E-state index in [9.17, 15) is 9.90 Å².